The maximum Gasteiger partial charge on any atom is 0.0468 e. The Hall–Kier alpha value is -6.64. The summed E-state index contributed by atoms with van der Waals surface area (Å²) >= 11 is 0. The second-order valence-corrected chi connectivity index (χ2v) is 24.4. The molecule has 0 saturated carbocycles. The summed E-state index contributed by atoms with van der Waals surface area (Å²) < 4.78 is 0. The van der Waals surface area contributed by atoms with Crippen LogP contribution in [0, 0.1) is 0 Å². The molecule has 1 aliphatic carbocycles. The molecular weight excluding hydrogens is 833 g/mol. The monoisotopic (exact) mass is 903 g/mol. The minimum Gasteiger partial charge on any atom is -0.310 e. The van der Waals surface area contributed by atoms with E-state index < -0.39 is 0 Å². The highest BCUT2D eigenvalue weighted by atomic mass is 15.1. The van der Waals surface area contributed by atoms with Gasteiger partial charge in [0.15, 0.2) is 0 Å². The molecule has 69 heavy (non-hydrogen) atoms. The van der Waals surface area contributed by atoms with Crippen LogP contribution in [0.3, 0.4) is 0 Å². The Labute approximate surface area is 412 Å². The normalized spacial score (nSPS) is 13.8. The molecule has 9 aromatic carbocycles. The second kappa shape index (κ2) is 16.2. The average Bonchev–Trinajstić information content (AvgIpc) is 3.53. The minimum absolute atomic E-state index is 0.0661. The van der Waals surface area contributed by atoms with Crippen LogP contribution in [-0.4, -0.2) is 0 Å². The van der Waals surface area contributed by atoms with Crippen LogP contribution in [-0.2, 0) is 27.1 Å². The molecular formula is C67H70N2. The SMILES string of the molecule is CC(C)(C)c1ccc(N(c2ccc(C(C)(C)C)cc2)c2ccc3cc4c(cc3c2)C(C)(C)c2c-4c3ccccc3c3cc(N(c4ccc(C(C)(C)C)cc4)c4ccc(C(C)(C)C)cc4)ccc23)cc1. The Kier molecular flexibility index (Phi) is 10.8. The first kappa shape index (κ1) is 46.1. The van der Waals surface area contributed by atoms with Crippen LogP contribution >= 0.6 is 0 Å². The Morgan fingerprint density at radius 2 is 0.696 bits per heavy atom. The maximum absolute atomic E-state index is 2.50. The Morgan fingerprint density at radius 3 is 1.12 bits per heavy atom. The largest absolute Gasteiger partial charge is 0.310 e. The average molecular weight is 903 g/mol. The molecule has 2 nitrogen and oxygen atoms in total. The van der Waals surface area contributed by atoms with Gasteiger partial charge in [0.2, 0.25) is 0 Å². The second-order valence-electron chi connectivity index (χ2n) is 24.4. The molecule has 0 unspecified atom stereocenters. The Balaban J connectivity index is 1.12. The third-order valence-corrected chi connectivity index (χ3v) is 15.0. The zero-order valence-corrected chi connectivity index (χ0v) is 43.6. The van der Waals surface area contributed by atoms with E-state index in [-0.39, 0.29) is 27.1 Å². The number of anilines is 6. The van der Waals surface area contributed by atoms with Crippen molar-refractivity contribution >= 4 is 66.4 Å². The molecule has 0 amide bonds. The van der Waals surface area contributed by atoms with Crippen molar-refractivity contribution in [3.8, 4) is 11.1 Å². The van der Waals surface area contributed by atoms with Gasteiger partial charge >= 0.3 is 0 Å². The summed E-state index contributed by atoms with van der Waals surface area (Å²) in [5.41, 5.74) is 17.7. The number of hydrogen-bond donors (Lipinski definition) is 0. The molecule has 348 valence electrons. The third kappa shape index (κ3) is 8.20. The van der Waals surface area contributed by atoms with E-state index in [2.05, 4.69) is 277 Å². The third-order valence-electron chi connectivity index (χ3n) is 15.0. The summed E-state index contributed by atoms with van der Waals surface area (Å²) in [5, 5.41) is 7.67. The number of rotatable bonds is 6. The van der Waals surface area contributed by atoms with Crippen LogP contribution in [0.15, 0.2) is 170 Å². The summed E-state index contributed by atoms with van der Waals surface area (Å²) in [4.78, 5) is 4.86. The fourth-order valence-corrected chi connectivity index (χ4v) is 10.9. The molecule has 2 heteroatoms. The summed E-state index contributed by atoms with van der Waals surface area (Å²) in [5.74, 6) is 0. The standard InChI is InChI=1S/C67H70N2/c1-63(2,3)45-20-29-49(30-21-45)68(50-31-22-46(23-32-50)64(4,5)6)53-28-19-43-40-59-60(41-44(43)39-53)67(13,14)62-57-38-37-54(42-58(57)55-17-15-16-18-56(55)61(59)62)69(51-33-24-47(25-34-51)65(7,8)9)52-35-26-48(27-36-52)66(10,11)12/h15-42H,1-14H3. The van der Waals surface area contributed by atoms with E-state index in [0.29, 0.717) is 0 Å². The van der Waals surface area contributed by atoms with Gasteiger partial charge in [-0.25, -0.2) is 0 Å². The quantitative estimate of drug-likeness (QED) is 0.153. The van der Waals surface area contributed by atoms with Crippen molar-refractivity contribution in [1.29, 1.82) is 0 Å². The van der Waals surface area contributed by atoms with Crippen LogP contribution in [0.5, 0.6) is 0 Å². The molecule has 0 N–H and O–H groups in total. The van der Waals surface area contributed by atoms with Gasteiger partial charge in [0.05, 0.1) is 0 Å². The van der Waals surface area contributed by atoms with Gasteiger partial charge in [-0.2, -0.15) is 0 Å². The molecule has 1 aliphatic rings. The van der Waals surface area contributed by atoms with E-state index in [4.69, 9.17) is 0 Å². The van der Waals surface area contributed by atoms with Crippen molar-refractivity contribution < 1.29 is 0 Å². The van der Waals surface area contributed by atoms with Gasteiger partial charge in [-0.05, 0) is 183 Å². The van der Waals surface area contributed by atoms with Crippen LogP contribution in [0.25, 0.3) is 43.4 Å². The molecule has 0 heterocycles. The topological polar surface area (TPSA) is 6.48 Å². The molecule has 0 atom stereocenters. The van der Waals surface area contributed by atoms with Gasteiger partial charge < -0.3 is 9.80 Å². The highest BCUT2D eigenvalue weighted by Crippen LogP contribution is 2.56. The van der Waals surface area contributed by atoms with Crippen molar-refractivity contribution in [2.24, 2.45) is 0 Å². The molecule has 0 aliphatic heterocycles. The lowest BCUT2D eigenvalue weighted by atomic mass is 9.79. The highest BCUT2D eigenvalue weighted by molar-refractivity contribution is 6.19. The summed E-state index contributed by atoms with van der Waals surface area (Å²) in [6, 6.07) is 65.0. The summed E-state index contributed by atoms with van der Waals surface area (Å²) in [6.07, 6.45) is 0. The highest BCUT2D eigenvalue weighted by Gasteiger charge is 2.39. The van der Waals surface area contributed by atoms with Gasteiger partial charge in [-0.15, -0.1) is 0 Å². The lowest BCUT2D eigenvalue weighted by Crippen LogP contribution is -2.16. The minimum atomic E-state index is -0.255. The van der Waals surface area contributed by atoms with E-state index in [9.17, 15) is 0 Å². The first-order valence-electron chi connectivity index (χ1n) is 25.1. The van der Waals surface area contributed by atoms with Crippen molar-refractivity contribution in [3.05, 3.63) is 203 Å². The molecule has 10 rings (SSSR count). The summed E-state index contributed by atoms with van der Waals surface area (Å²) in [7, 11) is 0. The number of benzene rings is 9. The number of nitrogens with zero attached hydrogens (tertiary/aromatic N) is 2. The van der Waals surface area contributed by atoms with Gasteiger partial charge in [0, 0.05) is 39.5 Å². The van der Waals surface area contributed by atoms with E-state index in [1.807, 2.05) is 0 Å². The van der Waals surface area contributed by atoms with Crippen LogP contribution in [0.2, 0.25) is 0 Å². The van der Waals surface area contributed by atoms with Gasteiger partial charge in [0.1, 0.15) is 0 Å². The molecule has 0 fully saturated rings. The molecule has 0 aromatic heterocycles. The summed E-state index contributed by atoms with van der Waals surface area (Å²) in [6.45, 7) is 32.3. The molecule has 0 saturated heterocycles. The van der Waals surface area contributed by atoms with Crippen molar-refractivity contribution in [3.63, 3.8) is 0 Å². The molecule has 0 radical (unpaired) electrons. The van der Waals surface area contributed by atoms with E-state index >= 15 is 0 Å². The van der Waals surface area contributed by atoms with Crippen molar-refractivity contribution in [2.75, 3.05) is 9.80 Å². The van der Waals surface area contributed by atoms with E-state index in [1.54, 1.807) is 0 Å². The van der Waals surface area contributed by atoms with Gasteiger partial charge in [0.25, 0.3) is 0 Å². The first-order valence-corrected chi connectivity index (χ1v) is 25.1. The Morgan fingerprint density at radius 1 is 0.319 bits per heavy atom. The number of hydrogen-bond acceptors (Lipinski definition) is 2. The zero-order chi connectivity index (χ0) is 49.0. The van der Waals surface area contributed by atoms with Crippen molar-refractivity contribution in [1.82, 2.24) is 0 Å². The van der Waals surface area contributed by atoms with Crippen LogP contribution < -0.4 is 9.80 Å². The predicted molar refractivity (Wildman–Crippen MR) is 301 cm³/mol. The lowest BCUT2D eigenvalue weighted by molar-refractivity contribution is 0.590. The molecule has 9 aromatic rings. The smallest absolute Gasteiger partial charge is 0.0468 e. The zero-order valence-electron chi connectivity index (χ0n) is 43.6. The predicted octanol–water partition coefficient (Wildman–Crippen LogP) is 19.6. The number of fused-ring (bicyclic) bond motifs is 9. The lowest BCUT2D eigenvalue weighted by Gasteiger charge is -2.29. The van der Waals surface area contributed by atoms with Crippen LogP contribution in [0.4, 0.5) is 34.1 Å². The van der Waals surface area contributed by atoms with Gasteiger partial charge in [-0.3, -0.25) is 0 Å². The van der Waals surface area contributed by atoms with E-state index in [0.717, 1.165) is 34.1 Å². The molecule has 0 bridgehead atoms. The molecule has 0 spiro atoms. The van der Waals surface area contributed by atoms with Crippen molar-refractivity contribution in [2.45, 2.75) is 124 Å². The first-order chi connectivity index (χ1) is 32.5. The Bertz CT molecular complexity index is 3280. The fraction of sp³-hybridized carbons (Fsp3) is 0.284. The van der Waals surface area contributed by atoms with Gasteiger partial charge in [-0.1, -0.05) is 182 Å². The fourth-order valence-electron chi connectivity index (χ4n) is 10.9. The maximum atomic E-state index is 2.50. The van der Waals surface area contributed by atoms with Crippen LogP contribution in [0.1, 0.15) is 130 Å². The van der Waals surface area contributed by atoms with E-state index in [1.165, 1.54) is 76.8 Å².